The fraction of sp³-hybridized carbons (Fsp3) is 1.00. The number of nitrogens with two attached hydrogens (primary N) is 1. The van der Waals surface area contributed by atoms with Crippen molar-refractivity contribution in [3.8, 4) is 0 Å². The molecule has 0 aromatic heterocycles. The van der Waals surface area contributed by atoms with Gasteiger partial charge in [0.25, 0.3) is 0 Å². The van der Waals surface area contributed by atoms with E-state index < -0.39 is 0 Å². The molecule has 1 spiro atoms. The maximum atomic E-state index is 5.78. The summed E-state index contributed by atoms with van der Waals surface area (Å²) in [7, 11) is 0. The molecule has 2 nitrogen and oxygen atoms in total. The van der Waals surface area contributed by atoms with Crippen LogP contribution in [0.15, 0.2) is 0 Å². The van der Waals surface area contributed by atoms with Crippen LogP contribution in [0, 0.1) is 11.3 Å². The van der Waals surface area contributed by atoms with E-state index in [2.05, 4.69) is 26.1 Å². The van der Waals surface area contributed by atoms with Gasteiger partial charge in [0, 0.05) is 24.5 Å². The topological polar surface area (TPSA) is 38.0 Å². The number of rotatable bonds is 0. The second-order valence-corrected chi connectivity index (χ2v) is 4.84. The van der Waals surface area contributed by atoms with Crippen molar-refractivity contribution in [1.29, 1.82) is 0 Å². The summed E-state index contributed by atoms with van der Waals surface area (Å²) in [6.45, 7) is 8.85. The van der Waals surface area contributed by atoms with Gasteiger partial charge in [-0.25, -0.2) is 0 Å². The maximum Gasteiger partial charge on any atom is 0.0120 e. The maximum absolute atomic E-state index is 5.78. The van der Waals surface area contributed by atoms with E-state index >= 15 is 0 Å². The molecule has 2 fully saturated rings. The van der Waals surface area contributed by atoms with Gasteiger partial charge in [0.1, 0.15) is 0 Å². The Morgan fingerprint density at radius 2 is 1.83 bits per heavy atom. The zero-order valence-electron chi connectivity index (χ0n) is 8.56. The Morgan fingerprint density at radius 3 is 1.83 bits per heavy atom. The molecule has 12 heavy (non-hydrogen) atoms. The molecule has 3 N–H and O–H groups in total. The molecule has 1 aliphatic heterocycles. The van der Waals surface area contributed by atoms with Crippen LogP contribution in [0.1, 0.15) is 33.6 Å². The van der Waals surface area contributed by atoms with E-state index in [0.717, 1.165) is 5.92 Å². The normalized spacial score (nSPS) is 30.2. The lowest BCUT2D eigenvalue weighted by atomic mass is 9.61. The summed E-state index contributed by atoms with van der Waals surface area (Å²) in [5, 5.41) is 3.25. The van der Waals surface area contributed by atoms with Crippen molar-refractivity contribution in [3.63, 3.8) is 0 Å². The molecule has 2 aliphatic rings. The highest BCUT2D eigenvalue weighted by Gasteiger charge is 2.48. The monoisotopic (exact) mass is 170 g/mol. The second kappa shape index (κ2) is 3.75. The highest BCUT2D eigenvalue weighted by Crippen LogP contribution is 2.42. The summed E-state index contributed by atoms with van der Waals surface area (Å²) in [6.07, 6.45) is 2.61. The van der Waals surface area contributed by atoms with Crippen LogP contribution >= 0.6 is 0 Å². The number of hydrogen-bond acceptors (Lipinski definition) is 2. The van der Waals surface area contributed by atoms with Crippen LogP contribution in [-0.4, -0.2) is 19.1 Å². The van der Waals surface area contributed by atoms with Crippen LogP contribution in [0.3, 0.4) is 0 Å². The summed E-state index contributed by atoms with van der Waals surface area (Å²) in [5.41, 5.74) is 6.35. The Morgan fingerprint density at radius 1 is 1.33 bits per heavy atom. The molecule has 1 aliphatic carbocycles. The summed E-state index contributed by atoms with van der Waals surface area (Å²) >= 11 is 0. The second-order valence-electron chi connectivity index (χ2n) is 4.84. The Kier molecular flexibility index (Phi) is 3.13. The third-order valence-corrected chi connectivity index (χ3v) is 2.69. The predicted octanol–water partition coefficient (Wildman–Crippen LogP) is 1.36. The minimum atomic E-state index is 0.517. The average molecular weight is 170 g/mol. The van der Waals surface area contributed by atoms with Gasteiger partial charge in [-0.2, -0.15) is 0 Å². The van der Waals surface area contributed by atoms with E-state index in [4.69, 9.17) is 5.73 Å². The van der Waals surface area contributed by atoms with Crippen molar-refractivity contribution in [2.45, 2.75) is 39.7 Å². The Bertz CT molecular complexity index is 131. The molecule has 1 heterocycles. The smallest absolute Gasteiger partial charge is 0.0120 e. The van der Waals surface area contributed by atoms with E-state index in [-0.39, 0.29) is 0 Å². The van der Waals surface area contributed by atoms with Crippen LogP contribution in [-0.2, 0) is 0 Å². The molecule has 72 valence electrons. The summed E-state index contributed by atoms with van der Waals surface area (Å²) in [4.78, 5) is 0. The molecule has 1 saturated carbocycles. The lowest BCUT2D eigenvalue weighted by Crippen LogP contribution is -2.67. The molecule has 0 amide bonds. The molecular weight excluding hydrogens is 148 g/mol. The van der Waals surface area contributed by atoms with Crippen molar-refractivity contribution in [1.82, 2.24) is 5.32 Å². The number of hydrogen-bond donors (Lipinski definition) is 2. The largest absolute Gasteiger partial charge is 0.327 e. The van der Waals surface area contributed by atoms with Crippen LogP contribution in [0.4, 0.5) is 0 Å². The Hall–Kier alpha value is -0.0800. The standard InChI is InChI=1S/C6H12N2.C4H10/c7-5-1-2-6(5)3-8-4-6;1-4(2)3/h5,8H,1-4,7H2;4H,1-3H3. The third kappa shape index (κ3) is 1.99. The summed E-state index contributed by atoms with van der Waals surface area (Å²) in [5.74, 6) is 0.833. The van der Waals surface area contributed by atoms with Crippen molar-refractivity contribution >= 4 is 0 Å². The zero-order chi connectivity index (χ0) is 9.19. The lowest BCUT2D eigenvalue weighted by molar-refractivity contribution is 0.0297. The molecule has 0 bridgehead atoms. The molecule has 2 rings (SSSR count). The van der Waals surface area contributed by atoms with Crippen LogP contribution in [0.2, 0.25) is 0 Å². The van der Waals surface area contributed by atoms with Gasteiger partial charge in [0.05, 0.1) is 0 Å². The van der Waals surface area contributed by atoms with Crippen LogP contribution in [0.5, 0.6) is 0 Å². The van der Waals surface area contributed by atoms with Gasteiger partial charge in [0.15, 0.2) is 0 Å². The van der Waals surface area contributed by atoms with Crippen molar-refractivity contribution in [3.05, 3.63) is 0 Å². The minimum absolute atomic E-state index is 0.517. The first-order chi connectivity index (χ1) is 5.57. The molecule has 1 unspecified atom stereocenters. The molecule has 0 radical (unpaired) electrons. The first-order valence-electron chi connectivity index (χ1n) is 5.03. The fourth-order valence-corrected chi connectivity index (χ4v) is 1.60. The SMILES string of the molecule is CC(C)C.NC1CCC12CNC2. The van der Waals surface area contributed by atoms with Gasteiger partial charge in [0.2, 0.25) is 0 Å². The van der Waals surface area contributed by atoms with Crippen molar-refractivity contribution < 1.29 is 0 Å². The van der Waals surface area contributed by atoms with E-state index in [1.807, 2.05) is 0 Å². The van der Waals surface area contributed by atoms with E-state index in [1.165, 1.54) is 25.9 Å². The molecule has 0 aromatic rings. The lowest BCUT2D eigenvalue weighted by Gasteiger charge is -2.54. The van der Waals surface area contributed by atoms with Gasteiger partial charge < -0.3 is 11.1 Å². The molecule has 1 atom stereocenters. The minimum Gasteiger partial charge on any atom is -0.327 e. The number of nitrogens with one attached hydrogen (secondary N) is 1. The van der Waals surface area contributed by atoms with E-state index in [0.29, 0.717) is 11.5 Å². The summed E-state index contributed by atoms with van der Waals surface area (Å²) < 4.78 is 0. The molecule has 1 saturated heterocycles. The third-order valence-electron chi connectivity index (χ3n) is 2.69. The highest BCUT2D eigenvalue weighted by molar-refractivity contribution is 5.06. The first-order valence-corrected chi connectivity index (χ1v) is 5.03. The fourth-order valence-electron chi connectivity index (χ4n) is 1.60. The quantitative estimate of drug-likeness (QED) is 0.576. The van der Waals surface area contributed by atoms with Gasteiger partial charge in [-0.05, 0) is 18.8 Å². The van der Waals surface area contributed by atoms with E-state index in [9.17, 15) is 0 Å². The van der Waals surface area contributed by atoms with Gasteiger partial charge in [-0.3, -0.25) is 0 Å². The first kappa shape index (κ1) is 10.0. The van der Waals surface area contributed by atoms with Crippen LogP contribution in [0.25, 0.3) is 0 Å². The van der Waals surface area contributed by atoms with Crippen molar-refractivity contribution in [2.75, 3.05) is 13.1 Å². The molecular formula is C10H22N2. The molecule has 0 aromatic carbocycles. The Balaban J connectivity index is 0.000000157. The van der Waals surface area contributed by atoms with Crippen LogP contribution < -0.4 is 11.1 Å². The predicted molar refractivity (Wildman–Crippen MR) is 53.0 cm³/mol. The van der Waals surface area contributed by atoms with Gasteiger partial charge >= 0.3 is 0 Å². The zero-order valence-corrected chi connectivity index (χ0v) is 8.56. The molecule has 2 heteroatoms. The Labute approximate surface area is 75.9 Å². The summed E-state index contributed by atoms with van der Waals surface area (Å²) in [6, 6.07) is 0.517. The van der Waals surface area contributed by atoms with E-state index in [1.54, 1.807) is 0 Å². The van der Waals surface area contributed by atoms with Gasteiger partial charge in [-0.1, -0.05) is 20.8 Å². The average Bonchev–Trinajstić information content (AvgIpc) is 1.80. The highest BCUT2D eigenvalue weighted by atomic mass is 15.0. The van der Waals surface area contributed by atoms with Crippen molar-refractivity contribution in [2.24, 2.45) is 17.1 Å². The van der Waals surface area contributed by atoms with Gasteiger partial charge in [-0.15, -0.1) is 0 Å².